The minimum Gasteiger partial charge on any atom is -0.480 e. The second-order valence-corrected chi connectivity index (χ2v) is 3.47. The highest BCUT2D eigenvalue weighted by atomic mass is 16.4. The molecule has 1 atom stereocenters. The van der Waals surface area contributed by atoms with Gasteiger partial charge in [0.05, 0.1) is 0 Å². The number of carbonyl (C=O) groups is 2. The van der Waals surface area contributed by atoms with Crippen molar-refractivity contribution >= 4 is 17.6 Å². The van der Waals surface area contributed by atoms with Gasteiger partial charge < -0.3 is 16.2 Å². The van der Waals surface area contributed by atoms with Crippen LogP contribution >= 0.6 is 0 Å². The minimum atomic E-state index is -1.63. The topological polar surface area (TPSA) is 92.4 Å². The minimum absolute atomic E-state index is 0.0109. The maximum Gasteiger partial charge on any atom is 0.325 e. The van der Waals surface area contributed by atoms with Gasteiger partial charge in [0.1, 0.15) is 0 Å². The predicted octanol–water partition coefficient (Wildman–Crippen LogP) is -0.0802. The number of primary amides is 1. The van der Waals surface area contributed by atoms with E-state index in [4.69, 9.17) is 10.8 Å². The van der Waals surface area contributed by atoms with Crippen molar-refractivity contribution in [1.29, 1.82) is 0 Å². The number of amides is 1. The Morgan fingerprint density at radius 2 is 2.07 bits per heavy atom. The molecule has 0 fully saturated rings. The van der Waals surface area contributed by atoms with Crippen molar-refractivity contribution in [2.75, 3.05) is 11.9 Å². The van der Waals surface area contributed by atoms with Crippen LogP contribution in [0.4, 0.5) is 5.69 Å². The molecule has 1 aliphatic heterocycles. The Morgan fingerprint density at radius 3 is 2.67 bits per heavy atom. The number of fused-ring (bicyclic) bond motifs is 1. The third kappa shape index (κ3) is 1.09. The molecule has 78 valence electrons. The smallest absolute Gasteiger partial charge is 0.325 e. The quantitative estimate of drug-likeness (QED) is 0.590. The lowest BCUT2D eigenvalue weighted by Gasteiger charge is -2.19. The van der Waals surface area contributed by atoms with E-state index >= 15 is 0 Å². The number of hydrogen-bond acceptors (Lipinski definition) is 3. The van der Waals surface area contributed by atoms with Crippen LogP contribution in [0.3, 0.4) is 0 Å². The van der Waals surface area contributed by atoms with Gasteiger partial charge in [0, 0.05) is 17.8 Å². The van der Waals surface area contributed by atoms with Gasteiger partial charge >= 0.3 is 5.97 Å². The highest BCUT2D eigenvalue weighted by Crippen LogP contribution is 2.36. The zero-order valence-electron chi connectivity index (χ0n) is 7.86. The highest BCUT2D eigenvalue weighted by Gasteiger charge is 2.51. The van der Waals surface area contributed by atoms with Gasteiger partial charge in [-0.15, -0.1) is 0 Å². The molecule has 0 saturated heterocycles. The summed E-state index contributed by atoms with van der Waals surface area (Å²) >= 11 is 0. The van der Waals surface area contributed by atoms with E-state index < -0.39 is 17.3 Å². The van der Waals surface area contributed by atoms with Gasteiger partial charge in [-0.3, -0.25) is 9.59 Å². The molecule has 1 aliphatic rings. The summed E-state index contributed by atoms with van der Waals surface area (Å²) in [6.07, 6.45) is 0. The molecule has 0 saturated carbocycles. The van der Waals surface area contributed by atoms with Crippen molar-refractivity contribution in [1.82, 2.24) is 0 Å². The molecular weight excluding hydrogens is 196 g/mol. The first-order valence-corrected chi connectivity index (χ1v) is 4.45. The van der Waals surface area contributed by atoms with Crippen LogP contribution in [0.5, 0.6) is 0 Å². The van der Waals surface area contributed by atoms with Crippen molar-refractivity contribution in [3.8, 4) is 0 Å². The summed E-state index contributed by atoms with van der Waals surface area (Å²) in [7, 11) is 0. The summed E-state index contributed by atoms with van der Waals surface area (Å²) in [6, 6.07) is 6.79. The average molecular weight is 206 g/mol. The lowest BCUT2D eigenvalue weighted by atomic mass is 9.82. The summed E-state index contributed by atoms with van der Waals surface area (Å²) in [4.78, 5) is 22.5. The van der Waals surface area contributed by atoms with E-state index in [0.29, 0.717) is 11.3 Å². The van der Waals surface area contributed by atoms with Crippen LogP contribution in [-0.4, -0.2) is 23.5 Å². The summed E-state index contributed by atoms with van der Waals surface area (Å²) in [5.74, 6) is -2.06. The molecule has 0 bridgehead atoms. The Morgan fingerprint density at radius 1 is 1.40 bits per heavy atom. The number of aliphatic carboxylic acids is 1. The number of para-hydroxylation sites is 1. The molecule has 1 heterocycles. The number of nitrogens with one attached hydrogen (secondary N) is 1. The number of anilines is 1. The largest absolute Gasteiger partial charge is 0.480 e. The van der Waals surface area contributed by atoms with E-state index in [2.05, 4.69) is 5.32 Å². The Kier molecular flexibility index (Phi) is 1.89. The molecule has 0 radical (unpaired) electrons. The van der Waals surface area contributed by atoms with Gasteiger partial charge in [-0.05, 0) is 6.07 Å². The number of nitrogens with two attached hydrogens (primary N) is 1. The number of hydrogen-bond donors (Lipinski definition) is 3. The summed E-state index contributed by atoms with van der Waals surface area (Å²) in [5.41, 5.74) is 4.65. The third-order valence-electron chi connectivity index (χ3n) is 2.72. The molecule has 0 spiro atoms. The summed E-state index contributed by atoms with van der Waals surface area (Å²) in [5, 5.41) is 12.0. The Labute approximate surface area is 85.9 Å². The number of carboxylic acids is 1. The van der Waals surface area contributed by atoms with E-state index in [9.17, 15) is 9.59 Å². The normalized spacial score (nSPS) is 22.9. The van der Waals surface area contributed by atoms with Gasteiger partial charge in [0.15, 0.2) is 5.41 Å². The fourth-order valence-corrected chi connectivity index (χ4v) is 1.85. The van der Waals surface area contributed by atoms with Gasteiger partial charge in [0.25, 0.3) is 0 Å². The predicted molar refractivity (Wildman–Crippen MR) is 53.4 cm³/mol. The molecule has 2 rings (SSSR count). The second kappa shape index (κ2) is 2.98. The molecule has 1 aromatic rings. The van der Waals surface area contributed by atoms with Crippen LogP contribution in [-0.2, 0) is 15.0 Å². The zero-order valence-corrected chi connectivity index (χ0v) is 7.86. The van der Waals surface area contributed by atoms with Gasteiger partial charge in [-0.1, -0.05) is 18.2 Å². The number of carboxylic acid groups (broad SMARTS) is 1. The van der Waals surface area contributed by atoms with E-state index in [1.807, 2.05) is 0 Å². The molecule has 1 aromatic carbocycles. The van der Waals surface area contributed by atoms with Crippen molar-refractivity contribution in [3.05, 3.63) is 29.8 Å². The average Bonchev–Trinajstić information content (AvgIpc) is 2.57. The summed E-state index contributed by atoms with van der Waals surface area (Å²) in [6.45, 7) is 0.0109. The molecule has 5 heteroatoms. The molecule has 4 N–H and O–H groups in total. The first-order chi connectivity index (χ1) is 7.09. The summed E-state index contributed by atoms with van der Waals surface area (Å²) < 4.78 is 0. The van der Waals surface area contributed by atoms with Crippen molar-refractivity contribution in [2.24, 2.45) is 5.73 Å². The lowest BCUT2D eigenvalue weighted by molar-refractivity contribution is -0.147. The van der Waals surface area contributed by atoms with E-state index in [1.54, 1.807) is 24.3 Å². The van der Waals surface area contributed by atoms with Crippen LogP contribution < -0.4 is 11.1 Å². The zero-order chi connectivity index (χ0) is 11.1. The number of rotatable bonds is 2. The fourth-order valence-electron chi connectivity index (χ4n) is 1.85. The van der Waals surface area contributed by atoms with Gasteiger partial charge in [-0.25, -0.2) is 0 Å². The van der Waals surface area contributed by atoms with Crippen LogP contribution in [0, 0.1) is 0 Å². The van der Waals surface area contributed by atoms with Crippen LogP contribution in [0.2, 0.25) is 0 Å². The van der Waals surface area contributed by atoms with Crippen molar-refractivity contribution in [2.45, 2.75) is 5.41 Å². The van der Waals surface area contributed by atoms with E-state index in [0.717, 1.165) is 0 Å². The Balaban J connectivity index is 2.64. The van der Waals surface area contributed by atoms with E-state index in [-0.39, 0.29) is 6.54 Å². The molecule has 5 nitrogen and oxygen atoms in total. The third-order valence-corrected chi connectivity index (χ3v) is 2.72. The van der Waals surface area contributed by atoms with Crippen molar-refractivity contribution < 1.29 is 14.7 Å². The monoisotopic (exact) mass is 206 g/mol. The maximum absolute atomic E-state index is 11.3. The molecular formula is C10H10N2O3. The first kappa shape index (κ1) is 9.51. The fraction of sp³-hybridized carbons (Fsp3) is 0.200. The maximum atomic E-state index is 11.3. The molecule has 0 aliphatic carbocycles. The van der Waals surface area contributed by atoms with Crippen LogP contribution in [0.1, 0.15) is 5.56 Å². The number of benzene rings is 1. The molecule has 15 heavy (non-hydrogen) atoms. The lowest BCUT2D eigenvalue weighted by Crippen LogP contribution is -2.49. The Bertz CT molecular complexity index is 428. The Hall–Kier alpha value is -2.04. The first-order valence-electron chi connectivity index (χ1n) is 4.45. The van der Waals surface area contributed by atoms with Crippen molar-refractivity contribution in [3.63, 3.8) is 0 Å². The van der Waals surface area contributed by atoms with Crippen LogP contribution in [0.25, 0.3) is 0 Å². The molecule has 0 aromatic heterocycles. The van der Waals surface area contributed by atoms with Gasteiger partial charge in [-0.2, -0.15) is 0 Å². The molecule has 1 amide bonds. The standard InChI is InChI=1S/C10H10N2O3/c11-8(13)10(9(14)15)5-12-7-4-2-1-3-6(7)10/h1-4,12H,5H2,(H2,11,13)(H,14,15). The SMILES string of the molecule is NC(=O)C1(C(=O)O)CNc2ccccc21. The second-order valence-electron chi connectivity index (χ2n) is 3.47. The highest BCUT2D eigenvalue weighted by molar-refractivity contribution is 6.10. The number of carbonyl (C=O) groups excluding carboxylic acids is 1. The van der Waals surface area contributed by atoms with Gasteiger partial charge in [0.2, 0.25) is 5.91 Å². The molecule has 1 unspecified atom stereocenters. The van der Waals surface area contributed by atoms with Crippen LogP contribution in [0.15, 0.2) is 24.3 Å². The van der Waals surface area contributed by atoms with E-state index in [1.165, 1.54) is 0 Å².